The van der Waals surface area contributed by atoms with E-state index in [1.54, 1.807) is 0 Å². The number of fused-ring (bicyclic) bond motifs is 14. The summed E-state index contributed by atoms with van der Waals surface area (Å²) in [7, 11) is 0. The molecule has 0 saturated heterocycles. The fourth-order valence-electron chi connectivity index (χ4n) is 9.09. The van der Waals surface area contributed by atoms with Gasteiger partial charge in [0.25, 0.3) is 0 Å². The van der Waals surface area contributed by atoms with Gasteiger partial charge in [0.05, 0.1) is 51.0 Å². The number of hydrogen-bond acceptors (Lipinski definition) is 3. The normalized spacial score (nSPS) is 11.9. The van der Waals surface area contributed by atoms with Crippen LogP contribution >= 0.6 is 0 Å². The van der Waals surface area contributed by atoms with Gasteiger partial charge in [0.2, 0.25) is 5.69 Å². The summed E-state index contributed by atoms with van der Waals surface area (Å²) in [5.74, 6) is 0. The topological polar surface area (TPSA) is 64.3 Å². The third kappa shape index (κ3) is 3.97. The second-order valence-electron chi connectivity index (χ2n) is 14.2. The Balaban J connectivity index is 1.12. The summed E-state index contributed by atoms with van der Waals surface area (Å²) in [6.07, 6.45) is 0. The zero-order valence-corrected chi connectivity index (χ0v) is 29.6. The maximum Gasteiger partial charge on any atom is 0.211 e. The van der Waals surface area contributed by atoms with Gasteiger partial charge in [-0.15, -0.1) is 0 Å². The van der Waals surface area contributed by atoms with Crippen LogP contribution in [0.5, 0.6) is 0 Å². The minimum absolute atomic E-state index is 0.516. The fraction of sp³-hybridized carbons (Fsp3) is 0. The number of nitrogens with zero attached hydrogens (tertiary/aromatic N) is 4. The van der Waals surface area contributed by atoms with Gasteiger partial charge in [-0.25, -0.2) is 4.85 Å². The highest BCUT2D eigenvalue weighted by Crippen LogP contribution is 2.46. The van der Waals surface area contributed by atoms with Crippen LogP contribution in [-0.4, -0.2) is 9.13 Å². The van der Waals surface area contributed by atoms with Crippen LogP contribution in [0.4, 0.5) is 5.69 Å². The van der Waals surface area contributed by atoms with Gasteiger partial charge in [-0.2, -0.15) is 5.26 Å². The average molecular weight is 715 g/mol. The molecule has 4 heterocycles. The van der Waals surface area contributed by atoms with Crippen LogP contribution in [0.1, 0.15) is 5.56 Å². The average Bonchev–Trinajstić information content (AvgIpc) is 4.00. The Kier molecular flexibility index (Phi) is 6.10. The zero-order chi connectivity index (χ0) is 37.1. The second kappa shape index (κ2) is 11.2. The summed E-state index contributed by atoms with van der Waals surface area (Å²) in [5.41, 5.74) is 11.5. The van der Waals surface area contributed by atoms with E-state index in [0.717, 1.165) is 110 Å². The van der Waals surface area contributed by atoms with Gasteiger partial charge in [-0.05, 0) is 71.8 Å². The molecular weight excluding hydrogens is 689 g/mol. The summed E-state index contributed by atoms with van der Waals surface area (Å²) in [4.78, 5) is 4.07. The first-order valence-electron chi connectivity index (χ1n) is 18.4. The Labute approximate surface area is 318 Å². The Morgan fingerprint density at radius 2 is 1.16 bits per heavy atom. The lowest BCUT2D eigenvalue weighted by Gasteiger charge is -2.17. The number of nitriles is 1. The molecule has 6 heteroatoms. The van der Waals surface area contributed by atoms with E-state index >= 15 is 0 Å². The van der Waals surface area contributed by atoms with E-state index in [2.05, 4.69) is 86.8 Å². The maximum atomic E-state index is 10.9. The van der Waals surface area contributed by atoms with Gasteiger partial charge in [0, 0.05) is 37.7 Å². The van der Waals surface area contributed by atoms with Crippen LogP contribution < -0.4 is 0 Å². The number of para-hydroxylation sites is 5. The van der Waals surface area contributed by atoms with Crippen molar-refractivity contribution in [1.82, 2.24) is 9.13 Å². The molecule has 0 aliphatic rings. The molecule has 0 fully saturated rings. The Morgan fingerprint density at radius 1 is 0.500 bits per heavy atom. The first kappa shape index (κ1) is 30.4. The number of benzene rings is 8. The minimum Gasteiger partial charge on any atom is -0.456 e. The molecule has 0 aliphatic carbocycles. The van der Waals surface area contributed by atoms with Crippen molar-refractivity contribution in [2.45, 2.75) is 0 Å². The summed E-state index contributed by atoms with van der Waals surface area (Å²) < 4.78 is 17.2. The van der Waals surface area contributed by atoms with E-state index in [9.17, 15) is 5.26 Å². The van der Waals surface area contributed by atoms with Crippen molar-refractivity contribution < 1.29 is 8.83 Å². The predicted molar refractivity (Wildman–Crippen MR) is 226 cm³/mol. The molecule has 8 aromatic carbocycles. The molecule has 56 heavy (non-hydrogen) atoms. The molecule has 4 aromatic heterocycles. The molecule has 0 spiro atoms. The Morgan fingerprint density at radius 3 is 1.95 bits per heavy atom. The molecule has 258 valence electrons. The molecule has 0 unspecified atom stereocenters. The van der Waals surface area contributed by atoms with Crippen molar-refractivity contribution in [3.8, 4) is 28.6 Å². The number of aromatic nitrogens is 2. The predicted octanol–water partition coefficient (Wildman–Crippen LogP) is 13.8. The largest absolute Gasteiger partial charge is 0.456 e. The number of hydrogen-bond donors (Lipinski definition) is 0. The van der Waals surface area contributed by atoms with Crippen molar-refractivity contribution in [2.75, 3.05) is 0 Å². The zero-order valence-electron chi connectivity index (χ0n) is 29.6. The second-order valence-corrected chi connectivity index (χ2v) is 14.2. The van der Waals surface area contributed by atoms with Gasteiger partial charge >= 0.3 is 0 Å². The standard InChI is InChI=1S/C50H26N4O2/c1-52-37-16-10-15-31(49(37)54-40-18-7-2-12-34(40)46-41(54)25-26-45-48(46)36-14-5-9-20-44(36)55-45)29-21-23-38(30(27-29)28-51)53-39-17-6-3-13-35(39)47-42(53)24-22-33-32-11-4-8-19-43(32)56-50(33)47/h2-27H. The van der Waals surface area contributed by atoms with Crippen molar-refractivity contribution >= 4 is 93.2 Å². The molecule has 0 saturated carbocycles. The molecule has 0 radical (unpaired) electrons. The molecule has 0 aliphatic heterocycles. The number of rotatable bonds is 3. The third-order valence-corrected chi connectivity index (χ3v) is 11.4. The molecule has 0 N–H and O–H groups in total. The lowest BCUT2D eigenvalue weighted by atomic mass is 9.99. The van der Waals surface area contributed by atoms with E-state index in [1.165, 1.54) is 0 Å². The smallest absolute Gasteiger partial charge is 0.211 e. The SMILES string of the molecule is [C-]#[N+]c1cccc(-c2ccc(-n3c4ccccc4c4c5oc6ccccc6c5ccc43)c(C#N)c2)c1-n1c2ccccc2c2c3c(ccc21)oc1ccccc13. The van der Waals surface area contributed by atoms with Crippen LogP contribution in [0.25, 0.3) is 115 Å². The highest BCUT2D eigenvalue weighted by atomic mass is 16.3. The van der Waals surface area contributed by atoms with Gasteiger partial charge < -0.3 is 18.0 Å². The molecule has 0 bridgehead atoms. The first-order valence-corrected chi connectivity index (χ1v) is 18.4. The van der Waals surface area contributed by atoms with E-state index in [1.807, 2.05) is 91.0 Å². The monoisotopic (exact) mass is 714 g/mol. The van der Waals surface area contributed by atoms with Crippen LogP contribution in [0.3, 0.4) is 0 Å². The maximum absolute atomic E-state index is 10.9. The molecule has 0 amide bonds. The third-order valence-electron chi connectivity index (χ3n) is 11.4. The molecular formula is C50H26N4O2. The number of furan rings is 2. The van der Waals surface area contributed by atoms with Gasteiger partial charge in [0.1, 0.15) is 28.4 Å². The molecule has 0 atom stereocenters. The summed E-state index contributed by atoms with van der Waals surface area (Å²) in [5, 5.41) is 19.3. The lowest BCUT2D eigenvalue weighted by Crippen LogP contribution is -2.00. The van der Waals surface area contributed by atoms with Crippen LogP contribution in [0.15, 0.2) is 167 Å². The quantitative estimate of drug-likeness (QED) is 0.171. The summed E-state index contributed by atoms with van der Waals surface area (Å²) in [6.45, 7) is 8.36. The Bertz CT molecular complexity index is 3750. The van der Waals surface area contributed by atoms with Crippen molar-refractivity contribution in [3.05, 3.63) is 175 Å². The highest BCUT2D eigenvalue weighted by molar-refractivity contribution is 6.28. The molecule has 6 nitrogen and oxygen atoms in total. The lowest BCUT2D eigenvalue weighted by molar-refractivity contribution is 0.669. The fourth-order valence-corrected chi connectivity index (χ4v) is 9.09. The van der Waals surface area contributed by atoms with Crippen LogP contribution in [0, 0.1) is 17.9 Å². The highest BCUT2D eigenvalue weighted by Gasteiger charge is 2.24. The van der Waals surface area contributed by atoms with Crippen LogP contribution in [0.2, 0.25) is 0 Å². The van der Waals surface area contributed by atoms with Crippen molar-refractivity contribution in [3.63, 3.8) is 0 Å². The van der Waals surface area contributed by atoms with Crippen molar-refractivity contribution in [1.29, 1.82) is 5.26 Å². The summed E-state index contributed by atoms with van der Waals surface area (Å²) in [6, 6.07) is 55.7. The van der Waals surface area contributed by atoms with E-state index < -0.39 is 0 Å². The van der Waals surface area contributed by atoms with E-state index in [-0.39, 0.29) is 0 Å². The van der Waals surface area contributed by atoms with Gasteiger partial charge in [0.15, 0.2) is 0 Å². The van der Waals surface area contributed by atoms with Gasteiger partial charge in [-0.3, -0.25) is 0 Å². The Hall–Kier alpha value is -8.06. The van der Waals surface area contributed by atoms with Crippen molar-refractivity contribution in [2.24, 2.45) is 0 Å². The molecule has 12 aromatic rings. The first-order chi connectivity index (χ1) is 27.7. The van der Waals surface area contributed by atoms with Crippen LogP contribution in [-0.2, 0) is 0 Å². The minimum atomic E-state index is 0.516. The van der Waals surface area contributed by atoms with Gasteiger partial charge in [-0.1, -0.05) is 97.1 Å². The summed E-state index contributed by atoms with van der Waals surface area (Å²) >= 11 is 0. The van der Waals surface area contributed by atoms with E-state index in [0.29, 0.717) is 11.3 Å². The molecule has 12 rings (SSSR count). The van der Waals surface area contributed by atoms with E-state index in [4.69, 9.17) is 15.4 Å².